The van der Waals surface area contributed by atoms with Crippen molar-refractivity contribution >= 4 is 70.1 Å². The zero-order valence-corrected chi connectivity index (χ0v) is 27.4. The molecule has 0 bridgehead atoms. The predicted octanol–water partition coefficient (Wildman–Crippen LogP) is 10.9. The van der Waals surface area contributed by atoms with Crippen LogP contribution in [0.3, 0.4) is 0 Å². The largest absolute Gasteiger partial charge is 0.326 e. The number of amides is 4. The maximum absolute atomic E-state index is 12.2. The summed E-state index contributed by atoms with van der Waals surface area (Å²) in [4.78, 5) is 26.4. The molecule has 6 aromatic carbocycles. The molecule has 8 nitrogen and oxygen atoms in total. The molecule has 240 valence electrons. The van der Waals surface area contributed by atoms with Crippen molar-refractivity contribution in [2.24, 2.45) is 0 Å². The van der Waals surface area contributed by atoms with Gasteiger partial charge < -0.3 is 30.7 Å². The van der Waals surface area contributed by atoms with Gasteiger partial charge >= 0.3 is 12.1 Å². The molecule has 0 aliphatic heterocycles. The van der Waals surface area contributed by atoms with Crippen LogP contribution in [0, 0.1) is 0 Å². The Balaban J connectivity index is 0.000000188. The normalized spacial score (nSPS) is 10.0. The molecule has 48 heavy (non-hydrogen) atoms. The van der Waals surface area contributed by atoms with Crippen molar-refractivity contribution in [3.63, 3.8) is 0 Å². The molecular weight excluding hydrogens is 637 g/mol. The summed E-state index contributed by atoms with van der Waals surface area (Å²) in [5, 5.41) is 11.3. The average Bonchev–Trinajstić information content (AvgIpc) is 3.12. The molecule has 10 heteroatoms. The smallest absolute Gasteiger partial charge is 0.323 e. The SMILES string of the molecule is O=C(Nc1ccccc1)Nc1cccc(NSc2ccccc2)c1.O=C(Nc1ccccc1)Nc1ccccc1NSc1ccccc1. The van der Waals surface area contributed by atoms with E-state index in [1.54, 1.807) is 0 Å². The fourth-order valence-electron chi connectivity index (χ4n) is 4.17. The van der Waals surface area contributed by atoms with Crippen LogP contribution in [0.15, 0.2) is 180 Å². The summed E-state index contributed by atoms with van der Waals surface area (Å²) in [5.41, 5.74) is 4.70. The van der Waals surface area contributed by atoms with Crippen molar-refractivity contribution < 1.29 is 9.59 Å². The van der Waals surface area contributed by atoms with E-state index in [0.29, 0.717) is 0 Å². The van der Waals surface area contributed by atoms with Gasteiger partial charge in [0.15, 0.2) is 0 Å². The van der Waals surface area contributed by atoms with Crippen LogP contribution < -0.4 is 30.7 Å². The maximum atomic E-state index is 12.2. The highest BCUT2D eigenvalue weighted by Crippen LogP contribution is 2.27. The van der Waals surface area contributed by atoms with Gasteiger partial charge in [-0.05, 0) is 103 Å². The topological polar surface area (TPSA) is 106 Å². The standard InChI is InChI=1S/2C19H17N3OS/c23-19(20-15-9-3-1-4-10-15)21-17-13-7-8-14-18(17)22-24-16-11-5-2-6-12-16;23-19(20-15-8-3-1-4-9-15)21-16-10-7-11-17(14-16)22-24-18-12-5-2-6-13-18/h2*1-14,22H,(H2,20,21,23). The Morgan fingerprint density at radius 3 is 1.31 bits per heavy atom. The lowest BCUT2D eigenvalue weighted by atomic mass is 10.3. The van der Waals surface area contributed by atoms with Gasteiger partial charge in [0.1, 0.15) is 0 Å². The monoisotopic (exact) mass is 670 g/mol. The second kappa shape index (κ2) is 18.3. The molecule has 6 N–H and O–H groups in total. The van der Waals surface area contributed by atoms with E-state index in [4.69, 9.17) is 0 Å². The number of benzene rings is 6. The molecule has 0 fully saturated rings. The van der Waals surface area contributed by atoms with Gasteiger partial charge in [0.25, 0.3) is 0 Å². The molecule has 0 saturated heterocycles. The first kappa shape index (κ1) is 33.5. The molecule has 0 aliphatic rings. The number of rotatable bonds is 10. The highest BCUT2D eigenvalue weighted by atomic mass is 32.2. The van der Waals surface area contributed by atoms with E-state index in [0.717, 1.165) is 43.9 Å². The first-order valence-electron chi connectivity index (χ1n) is 15.0. The minimum absolute atomic E-state index is 0.269. The van der Waals surface area contributed by atoms with Gasteiger partial charge in [0.05, 0.1) is 11.4 Å². The van der Waals surface area contributed by atoms with E-state index in [9.17, 15) is 9.59 Å². The third-order valence-corrected chi connectivity index (χ3v) is 8.09. The number of anilines is 6. The minimum atomic E-state index is -0.278. The Hall–Kier alpha value is -5.84. The molecule has 0 radical (unpaired) electrons. The zero-order valence-electron chi connectivity index (χ0n) is 25.8. The number of nitrogens with one attached hydrogen (secondary N) is 6. The molecule has 0 atom stereocenters. The number of carbonyl (C=O) groups is 2. The van der Waals surface area contributed by atoms with Crippen molar-refractivity contribution in [3.05, 3.63) is 170 Å². The Bertz CT molecular complexity index is 1860. The van der Waals surface area contributed by atoms with Crippen molar-refractivity contribution in [3.8, 4) is 0 Å². The number of para-hydroxylation sites is 4. The molecule has 0 unspecified atom stereocenters. The van der Waals surface area contributed by atoms with Gasteiger partial charge in [-0.2, -0.15) is 0 Å². The summed E-state index contributed by atoms with van der Waals surface area (Å²) in [7, 11) is 0. The Labute approximate surface area is 289 Å². The van der Waals surface area contributed by atoms with E-state index in [1.807, 2.05) is 170 Å². The molecule has 6 aromatic rings. The van der Waals surface area contributed by atoms with Crippen LogP contribution in [0.2, 0.25) is 0 Å². The molecular formula is C38H34N6O2S2. The lowest BCUT2D eigenvalue weighted by Gasteiger charge is -2.13. The summed E-state index contributed by atoms with van der Waals surface area (Å²) in [6, 6.07) is 53.4. The second-order valence-electron chi connectivity index (χ2n) is 10.1. The summed E-state index contributed by atoms with van der Waals surface area (Å²) in [6.45, 7) is 0. The molecule has 0 saturated carbocycles. The summed E-state index contributed by atoms with van der Waals surface area (Å²) < 4.78 is 6.54. The van der Waals surface area contributed by atoms with Crippen LogP contribution >= 0.6 is 23.9 Å². The highest BCUT2D eigenvalue weighted by Gasteiger charge is 2.07. The van der Waals surface area contributed by atoms with Crippen LogP contribution in [0.5, 0.6) is 0 Å². The first-order chi connectivity index (χ1) is 23.6. The number of hydrogen-bond donors (Lipinski definition) is 6. The Morgan fingerprint density at radius 2 is 0.750 bits per heavy atom. The van der Waals surface area contributed by atoms with Gasteiger partial charge in [-0.1, -0.05) is 91.0 Å². The molecule has 6 rings (SSSR count). The van der Waals surface area contributed by atoms with E-state index >= 15 is 0 Å². The first-order valence-corrected chi connectivity index (χ1v) is 16.6. The third-order valence-electron chi connectivity index (χ3n) is 6.41. The fraction of sp³-hybridized carbons (Fsp3) is 0. The average molecular weight is 671 g/mol. The van der Waals surface area contributed by atoms with Crippen molar-refractivity contribution in [2.45, 2.75) is 9.79 Å². The number of carbonyl (C=O) groups excluding carboxylic acids is 2. The lowest BCUT2D eigenvalue weighted by molar-refractivity contribution is 0.261. The lowest BCUT2D eigenvalue weighted by Crippen LogP contribution is -2.19. The molecule has 0 heterocycles. The van der Waals surface area contributed by atoms with Gasteiger partial charge in [0, 0.05) is 32.5 Å². The van der Waals surface area contributed by atoms with E-state index in [-0.39, 0.29) is 12.1 Å². The summed E-state index contributed by atoms with van der Waals surface area (Å²) in [5.74, 6) is 0. The molecule has 4 amide bonds. The zero-order chi connectivity index (χ0) is 33.2. The summed E-state index contributed by atoms with van der Waals surface area (Å²) >= 11 is 3.02. The van der Waals surface area contributed by atoms with Gasteiger partial charge in [-0.15, -0.1) is 0 Å². The molecule has 0 aliphatic carbocycles. The predicted molar refractivity (Wildman–Crippen MR) is 203 cm³/mol. The Morgan fingerprint density at radius 1 is 0.354 bits per heavy atom. The summed E-state index contributed by atoms with van der Waals surface area (Å²) in [6.07, 6.45) is 0. The fourth-order valence-corrected chi connectivity index (χ4v) is 5.53. The molecule has 0 spiro atoms. The number of hydrogen-bond acceptors (Lipinski definition) is 6. The van der Waals surface area contributed by atoms with Gasteiger partial charge in [-0.25, -0.2) is 9.59 Å². The second-order valence-corrected chi connectivity index (χ2v) is 11.8. The molecule has 0 aromatic heterocycles. The highest BCUT2D eigenvalue weighted by molar-refractivity contribution is 8.00. The maximum Gasteiger partial charge on any atom is 0.323 e. The van der Waals surface area contributed by atoms with Crippen molar-refractivity contribution in [1.82, 2.24) is 0 Å². The van der Waals surface area contributed by atoms with Gasteiger partial charge in [-0.3, -0.25) is 0 Å². The van der Waals surface area contributed by atoms with Crippen LogP contribution in [-0.4, -0.2) is 12.1 Å². The van der Waals surface area contributed by atoms with Crippen molar-refractivity contribution in [1.29, 1.82) is 0 Å². The van der Waals surface area contributed by atoms with Crippen LogP contribution in [-0.2, 0) is 0 Å². The van der Waals surface area contributed by atoms with Crippen LogP contribution in [0.25, 0.3) is 0 Å². The third kappa shape index (κ3) is 11.5. The number of urea groups is 2. The van der Waals surface area contributed by atoms with E-state index in [2.05, 4.69) is 30.7 Å². The van der Waals surface area contributed by atoms with Gasteiger partial charge in [0.2, 0.25) is 0 Å². The van der Waals surface area contributed by atoms with Crippen LogP contribution in [0.1, 0.15) is 0 Å². The Kier molecular flexibility index (Phi) is 12.8. The van der Waals surface area contributed by atoms with Crippen molar-refractivity contribution in [2.75, 3.05) is 30.7 Å². The van der Waals surface area contributed by atoms with E-state index < -0.39 is 0 Å². The van der Waals surface area contributed by atoms with E-state index in [1.165, 1.54) is 23.9 Å². The van der Waals surface area contributed by atoms with Crippen LogP contribution in [0.4, 0.5) is 43.7 Å². The quantitative estimate of drug-likeness (QED) is 0.0810. The minimum Gasteiger partial charge on any atom is -0.326 e.